The van der Waals surface area contributed by atoms with Gasteiger partial charge in [0.25, 0.3) is 5.91 Å². The van der Waals surface area contributed by atoms with E-state index in [9.17, 15) is 9.90 Å². The van der Waals surface area contributed by atoms with Crippen molar-refractivity contribution in [2.45, 2.75) is 13.0 Å². The van der Waals surface area contributed by atoms with Crippen LogP contribution >= 0.6 is 22.6 Å². The minimum Gasteiger partial charge on any atom is -0.398 e. The van der Waals surface area contributed by atoms with Crippen LogP contribution in [0.2, 0.25) is 0 Å². The standard InChI is InChI=1S/C16H17IN2O2/c1-10(20)9-19-16(21)12-6-4-8-14(18)15(12)11-5-2-3-7-13(11)17/h2-8,10,20H,9,18H2,1H3,(H,19,21)/t10-/m1/s1. The average molecular weight is 396 g/mol. The van der Waals surface area contributed by atoms with E-state index in [1.165, 1.54) is 0 Å². The number of benzene rings is 2. The summed E-state index contributed by atoms with van der Waals surface area (Å²) in [5.41, 5.74) is 8.81. The van der Waals surface area contributed by atoms with Gasteiger partial charge in [-0.3, -0.25) is 4.79 Å². The summed E-state index contributed by atoms with van der Waals surface area (Å²) in [6, 6.07) is 13.1. The van der Waals surface area contributed by atoms with Crippen molar-refractivity contribution >= 4 is 34.2 Å². The lowest BCUT2D eigenvalue weighted by atomic mass is 9.97. The van der Waals surface area contributed by atoms with E-state index in [2.05, 4.69) is 27.9 Å². The van der Waals surface area contributed by atoms with Crippen LogP contribution in [0.25, 0.3) is 11.1 Å². The monoisotopic (exact) mass is 396 g/mol. The third-order valence-corrected chi connectivity index (χ3v) is 3.98. The first-order valence-corrected chi connectivity index (χ1v) is 7.68. The molecule has 0 unspecified atom stereocenters. The van der Waals surface area contributed by atoms with Crippen molar-refractivity contribution in [1.82, 2.24) is 5.32 Å². The van der Waals surface area contributed by atoms with Gasteiger partial charge in [0.2, 0.25) is 0 Å². The molecule has 110 valence electrons. The Balaban J connectivity index is 2.47. The molecule has 0 radical (unpaired) electrons. The smallest absolute Gasteiger partial charge is 0.252 e. The first-order valence-electron chi connectivity index (χ1n) is 6.60. The van der Waals surface area contributed by atoms with E-state index in [1.54, 1.807) is 25.1 Å². The molecule has 0 aromatic heterocycles. The van der Waals surface area contributed by atoms with Crippen molar-refractivity contribution in [2.75, 3.05) is 12.3 Å². The number of anilines is 1. The van der Waals surface area contributed by atoms with E-state index >= 15 is 0 Å². The first kappa shape index (κ1) is 15.8. The molecule has 4 nitrogen and oxygen atoms in total. The molecule has 0 aliphatic carbocycles. The van der Waals surface area contributed by atoms with Crippen molar-refractivity contribution in [3.63, 3.8) is 0 Å². The van der Waals surface area contributed by atoms with Gasteiger partial charge in [-0.15, -0.1) is 0 Å². The van der Waals surface area contributed by atoms with Gasteiger partial charge in [-0.2, -0.15) is 0 Å². The fraction of sp³-hybridized carbons (Fsp3) is 0.188. The molecule has 2 aromatic carbocycles. The number of rotatable bonds is 4. The van der Waals surface area contributed by atoms with E-state index in [-0.39, 0.29) is 12.5 Å². The van der Waals surface area contributed by atoms with E-state index in [0.29, 0.717) is 11.3 Å². The van der Waals surface area contributed by atoms with E-state index in [1.807, 2.05) is 24.3 Å². The summed E-state index contributed by atoms with van der Waals surface area (Å²) in [7, 11) is 0. The summed E-state index contributed by atoms with van der Waals surface area (Å²) in [5.74, 6) is -0.238. The Morgan fingerprint density at radius 2 is 2.00 bits per heavy atom. The molecule has 0 aliphatic heterocycles. The quantitative estimate of drug-likeness (QED) is 0.550. The Hall–Kier alpha value is -1.60. The molecule has 0 saturated carbocycles. The summed E-state index contributed by atoms with van der Waals surface area (Å²) in [6.07, 6.45) is -0.588. The molecule has 5 heteroatoms. The number of amides is 1. The Morgan fingerprint density at radius 3 is 2.67 bits per heavy atom. The van der Waals surface area contributed by atoms with Gasteiger partial charge < -0.3 is 16.2 Å². The van der Waals surface area contributed by atoms with Gasteiger partial charge in [0.1, 0.15) is 0 Å². The summed E-state index contributed by atoms with van der Waals surface area (Å²) in [5, 5.41) is 12.0. The zero-order chi connectivity index (χ0) is 15.4. The van der Waals surface area contributed by atoms with Crippen LogP contribution in [0.1, 0.15) is 17.3 Å². The molecular weight excluding hydrogens is 379 g/mol. The lowest BCUT2D eigenvalue weighted by molar-refractivity contribution is 0.0924. The molecule has 1 atom stereocenters. The predicted octanol–water partition coefficient (Wildman–Crippen LogP) is 2.65. The van der Waals surface area contributed by atoms with Gasteiger partial charge in [-0.1, -0.05) is 24.3 Å². The largest absolute Gasteiger partial charge is 0.398 e. The highest BCUT2D eigenvalue weighted by Crippen LogP contribution is 2.33. The van der Waals surface area contributed by atoms with E-state index in [4.69, 9.17) is 5.73 Å². The number of nitrogens with two attached hydrogens (primary N) is 1. The third kappa shape index (κ3) is 3.74. The zero-order valence-corrected chi connectivity index (χ0v) is 13.8. The molecule has 0 bridgehead atoms. The number of nitrogen functional groups attached to an aromatic ring is 1. The molecule has 4 N–H and O–H groups in total. The molecule has 0 heterocycles. The second-order valence-corrected chi connectivity index (χ2v) is 5.97. The summed E-state index contributed by atoms with van der Waals surface area (Å²) < 4.78 is 1.03. The molecule has 1 amide bonds. The minimum atomic E-state index is -0.588. The Bertz CT molecular complexity index is 656. The molecule has 0 saturated heterocycles. The van der Waals surface area contributed by atoms with Crippen LogP contribution in [0.15, 0.2) is 42.5 Å². The second kappa shape index (κ2) is 6.91. The lowest BCUT2D eigenvalue weighted by Gasteiger charge is -2.14. The number of aliphatic hydroxyl groups excluding tert-OH is 1. The van der Waals surface area contributed by atoms with Gasteiger partial charge in [0.15, 0.2) is 0 Å². The van der Waals surface area contributed by atoms with Crippen molar-refractivity contribution in [1.29, 1.82) is 0 Å². The first-order chi connectivity index (χ1) is 10.0. The summed E-state index contributed by atoms with van der Waals surface area (Å²) >= 11 is 2.23. The predicted molar refractivity (Wildman–Crippen MR) is 93.0 cm³/mol. The van der Waals surface area contributed by atoms with Crippen LogP contribution in [0.4, 0.5) is 5.69 Å². The van der Waals surface area contributed by atoms with E-state index < -0.39 is 6.10 Å². The molecule has 2 aromatic rings. The highest BCUT2D eigenvalue weighted by Gasteiger charge is 2.17. The molecule has 2 rings (SSSR count). The van der Waals surface area contributed by atoms with Gasteiger partial charge in [-0.25, -0.2) is 0 Å². The molecular formula is C16H17IN2O2. The molecule has 21 heavy (non-hydrogen) atoms. The third-order valence-electron chi connectivity index (χ3n) is 3.04. The van der Waals surface area contributed by atoms with Crippen molar-refractivity contribution < 1.29 is 9.90 Å². The minimum absolute atomic E-state index is 0.207. The molecule has 0 spiro atoms. The average Bonchev–Trinajstić information content (AvgIpc) is 2.45. The number of hydrogen-bond donors (Lipinski definition) is 3. The number of halogens is 1. The van der Waals surface area contributed by atoms with Crippen LogP contribution in [0.3, 0.4) is 0 Å². The normalized spacial score (nSPS) is 12.0. The van der Waals surface area contributed by atoms with Crippen LogP contribution in [0.5, 0.6) is 0 Å². The highest BCUT2D eigenvalue weighted by atomic mass is 127. The van der Waals surface area contributed by atoms with Crippen molar-refractivity contribution in [2.24, 2.45) is 0 Å². The van der Waals surface area contributed by atoms with Crippen LogP contribution < -0.4 is 11.1 Å². The SMILES string of the molecule is C[C@@H](O)CNC(=O)c1cccc(N)c1-c1ccccc1I. The Kier molecular flexibility index (Phi) is 5.19. The van der Waals surface area contributed by atoms with Crippen molar-refractivity contribution in [3.05, 3.63) is 51.6 Å². The lowest BCUT2D eigenvalue weighted by Crippen LogP contribution is -2.31. The van der Waals surface area contributed by atoms with Gasteiger partial charge in [0, 0.05) is 26.9 Å². The van der Waals surface area contributed by atoms with Crippen LogP contribution in [-0.2, 0) is 0 Å². The van der Waals surface area contributed by atoms with Gasteiger partial charge >= 0.3 is 0 Å². The summed E-state index contributed by atoms with van der Waals surface area (Å²) in [4.78, 5) is 12.3. The van der Waals surface area contributed by atoms with E-state index in [0.717, 1.165) is 14.7 Å². The Morgan fingerprint density at radius 1 is 1.29 bits per heavy atom. The topological polar surface area (TPSA) is 75.3 Å². The maximum Gasteiger partial charge on any atom is 0.252 e. The zero-order valence-electron chi connectivity index (χ0n) is 11.6. The number of carbonyl (C=O) groups excluding carboxylic acids is 1. The van der Waals surface area contributed by atoms with Crippen molar-refractivity contribution in [3.8, 4) is 11.1 Å². The highest BCUT2D eigenvalue weighted by molar-refractivity contribution is 14.1. The number of hydrogen-bond acceptors (Lipinski definition) is 3. The fourth-order valence-electron chi connectivity index (χ4n) is 2.06. The second-order valence-electron chi connectivity index (χ2n) is 4.81. The van der Waals surface area contributed by atoms with Crippen LogP contribution in [0, 0.1) is 3.57 Å². The van der Waals surface area contributed by atoms with Gasteiger partial charge in [-0.05, 0) is 53.3 Å². The molecule has 0 fully saturated rings. The fourth-order valence-corrected chi connectivity index (χ4v) is 2.72. The number of nitrogens with one attached hydrogen (secondary N) is 1. The molecule has 0 aliphatic rings. The number of carbonyl (C=O) groups is 1. The maximum absolute atomic E-state index is 12.3. The maximum atomic E-state index is 12.3. The Labute approximate surface area is 137 Å². The number of aliphatic hydroxyl groups is 1. The van der Waals surface area contributed by atoms with Gasteiger partial charge in [0.05, 0.1) is 6.10 Å². The van der Waals surface area contributed by atoms with Crippen LogP contribution in [-0.4, -0.2) is 23.7 Å². The summed E-state index contributed by atoms with van der Waals surface area (Å²) in [6.45, 7) is 1.83.